The quantitative estimate of drug-likeness (QED) is 0.350. The van der Waals surface area contributed by atoms with Gasteiger partial charge in [-0.25, -0.2) is 4.79 Å². The Morgan fingerprint density at radius 1 is 0.946 bits per heavy atom. The summed E-state index contributed by atoms with van der Waals surface area (Å²) in [5, 5.41) is 7.38. The number of benzene rings is 3. The summed E-state index contributed by atoms with van der Waals surface area (Å²) in [5.41, 5.74) is 5.27. The van der Waals surface area contributed by atoms with E-state index < -0.39 is 6.04 Å². The number of rotatable bonds is 7. The Morgan fingerprint density at radius 2 is 1.70 bits per heavy atom. The molecule has 4 aromatic rings. The molecule has 1 atom stereocenters. The van der Waals surface area contributed by atoms with Gasteiger partial charge < -0.3 is 19.3 Å². The second-order valence-electron chi connectivity index (χ2n) is 8.89. The molecule has 0 radical (unpaired) electrons. The number of amides is 2. The van der Waals surface area contributed by atoms with Crippen LogP contribution < -0.4 is 14.8 Å². The Balaban J connectivity index is 1.59. The zero-order valence-electron chi connectivity index (χ0n) is 21.2. The molecule has 2 heterocycles. The maximum Gasteiger partial charge on any atom is 0.322 e. The van der Waals surface area contributed by atoms with Gasteiger partial charge in [-0.05, 0) is 61.4 Å². The number of hydrogen-bond donors (Lipinski definition) is 1. The molecular weight excluding hydrogens is 468 g/mol. The largest absolute Gasteiger partial charge is 0.497 e. The summed E-state index contributed by atoms with van der Waals surface area (Å²) in [4.78, 5) is 19.8. The number of urea groups is 1. The Labute approximate surface area is 215 Å². The highest BCUT2D eigenvalue weighted by Crippen LogP contribution is 2.38. The molecule has 1 N–H and O–H groups in total. The van der Waals surface area contributed by atoms with Gasteiger partial charge in [0.2, 0.25) is 5.82 Å². The first kappa shape index (κ1) is 24.1. The molecule has 3 aromatic carbocycles. The summed E-state index contributed by atoms with van der Waals surface area (Å²) in [6.07, 6.45) is 0. The highest BCUT2D eigenvalue weighted by molar-refractivity contribution is 5.87. The maximum absolute atomic E-state index is 13.4. The SMILES string of the molecule is COc1ccc(-c2noc(C3=C(C)N(Cc4cccc(C)c4)C(=O)NC3c3cccc(OC)c3)n2)cc1. The van der Waals surface area contributed by atoms with E-state index in [2.05, 4.69) is 16.5 Å². The molecule has 37 heavy (non-hydrogen) atoms. The molecule has 1 aliphatic heterocycles. The number of ether oxygens (including phenoxy) is 2. The number of nitrogens with zero attached hydrogens (tertiary/aromatic N) is 3. The number of nitrogens with one attached hydrogen (secondary N) is 1. The van der Waals surface area contributed by atoms with Crippen molar-refractivity contribution >= 4 is 11.6 Å². The van der Waals surface area contributed by atoms with Crippen LogP contribution in [0.5, 0.6) is 11.5 Å². The number of carbonyl (C=O) groups is 1. The third-order valence-corrected chi connectivity index (χ3v) is 6.45. The van der Waals surface area contributed by atoms with Gasteiger partial charge in [-0.15, -0.1) is 0 Å². The van der Waals surface area contributed by atoms with E-state index in [9.17, 15) is 4.79 Å². The summed E-state index contributed by atoms with van der Waals surface area (Å²) in [5.74, 6) is 2.22. The van der Waals surface area contributed by atoms with E-state index in [1.54, 1.807) is 19.1 Å². The summed E-state index contributed by atoms with van der Waals surface area (Å²) in [6.45, 7) is 4.35. The van der Waals surface area contributed by atoms with Crippen LogP contribution in [-0.4, -0.2) is 35.3 Å². The van der Waals surface area contributed by atoms with Crippen LogP contribution in [0.15, 0.2) is 83.0 Å². The molecule has 5 rings (SSSR count). The zero-order chi connectivity index (χ0) is 25.9. The lowest BCUT2D eigenvalue weighted by Crippen LogP contribution is -2.45. The van der Waals surface area contributed by atoms with Gasteiger partial charge in [-0.2, -0.15) is 4.98 Å². The van der Waals surface area contributed by atoms with Crippen molar-refractivity contribution in [2.75, 3.05) is 14.2 Å². The maximum atomic E-state index is 13.4. The molecule has 0 saturated carbocycles. The predicted octanol–water partition coefficient (Wildman–Crippen LogP) is 5.76. The minimum absolute atomic E-state index is 0.203. The van der Waals surface area contributed by atoms with Gasteiger partial charge in [-0.1, -0.05) is 47.1 Å². The lowest BCUT2D eigenvalue weighted by atomic mass is 9.94. The van der Waals surface area contributed by atoms with Crippen LogP contribution in [0.4, 0.5) is 4.79 Å². The van der Waals surface area contributed by atoms with Crippen LogP contribution in [0.25, 0.3) is 17.0 Å². The van der Waals surface area contributed by atoms with Gasteiger partial charge in [0, 0.05) is 11.3 Å². The molecule has 0 aliphatic carbocycles. The van der Waals surface area contributed by atoms with Crippen molar-refractivity contribution in [3.63, 3.8) is 0 Å². The Hall–Kier alpha value is -4.59. The van der Waals surface area contributed by atoms with E-state index in [4.69, 9.17) is 19.0 Å². The second-order valence-corrected chi connectivity index (χ2v) is 8.89. The Bertz CT molecular complexity index is 1460. The van der Waals surface area contributed by atoms with Crippen molar-refractivity contribution in [1.82, 2.24) is 20.4 Å². The van der Waals surface area contributed by atoms with Crippen LogP contribution in [0, 0.1) is 6.92 Å². The van der Waals surface area contributed by atoms with Crippen molar-refractivity contribution in [3.8, 4) is 22.9 Å². The van der Waals surface area contributed by atoms with E-state index in [-0.39, 0.29) is 6.03 Å². The molecule has 1 unspecified atom stereocenters. The van der Waals surface area contributed by atoms with Crippen molar-refractivity contribution < 1.29 is 18.8 Å². The van der Waals surface area contributed by atoms with Crippen molar-refractivity contribution in [2.24, 2.45) is 0 Å². The minimum Gasteiger partial charge on any atom is -0.497 e. The first-order chi connectivity index (χ1) is 18.0. The summed E-state index contributed by atoms with van der Waals surface area (Å²) in [7, 11) is 3.23. The molecule has 1 aromatic heterocycles. The van der Waals surface area contributed by atoms with Gasteiger partial charge in [0.05, 0.1) is 32.4 Å². The first-order valence-electron chi connectivity index (χ1n) is 11.9. The molecule has 0 spiro atoms. The standard InChI is InChI=1S/C29H28N4O4/c1-18-7-5-8-20(15-18)17-33-19(2)25(26(30-29(33)34)22-9-6-10-24(16-22)36-4)28-31-27(32-37-28)21-11-13-23(35-3)14-12-21/h5-16,26H,17H2,1-4H3,(H,30,34). The number of methoxy groups -OCH3 is 2. The van der Waals surface area contributed by atoms with Crippen molar-refractivity contribution in [1.29, 1.82) is 0 Å². The predicted molar refractivity (Wildman–Crippen MR) is 140 cm³/mol. The zero-order valence-corrected chi connectivity index (χ0v) is 21.2. The van der Waals surface area contributed by atoms with E-state index >= 15 is 0 Å². The lowest BCUT2D eigenvalue weighted by Gasteiger charge is -2.35. The second kappa shape index (κ2) is 10.2. The molecule has 1 aliphatic rings. The summed E-state index contributed by atoms with van der Waals surface area (Å²) < 4.78 is 16.5. The van der Waals surface area contributed by atoms with E-state index in [0.717, 1.165) is 39.3 Å². The molecule has 0 saturated heterocycles. The van der Waals surface area contributed by atoms with Crippen LogP contribution >= 0.6 is 0 Å². The highest BCUT2D eigenvalue weighted by atomic mass is 16.5. The normalized spacial score (nSPS) is 15.5. The molecule has 2 amide bonds. The smallest absolute Gasteiger partial charge is 0.322 e. The van der Waals surface area contributed by atoms with E-state index in [0.29, 0.717) is 24.0 Å². The fourth-order valence-electron chi connectivity index (χ4n) is 4.50. The number of aromatic nitrogens is 2. The van der Waals surface area contributed by atoms with Crippen LogP contribution in [0.1, 0.15) is 35.5 Å². The Morgan fingerprint density at radius 3 is 2.43 bits per heavy atom. The number of hydrogen-bond acceptors (Lipinski definition) is 6. The first-order valence-corrected chi connectivity index (χ1v) is 11.9. The minimum atomic E-state index is -0.500. The summed E-state index contributed by atoms with van der Waals surface area (Å²) in [6, 6.07) is 22.4. The van der Waals surface area contributed by atoms with Crippen LogP contribution in [0.3, 0.4) is 0 Å². The number of allylic oxidation sites excluding steroid dienone is 1. The molecular formula is C29H28N4O4. The monoisotopic (exact) mass is 496 g/mol. The van der Waals surface area contributed by atoms with Crippen molar-refractivity contribution in [3.05, 3.63) is 101 Å². The van der Waals surface area contributed by atoms with Crippen LogP contribution in [-0.2, 0) is 6.54 Å². The summed E-state index contributed by atoms with van der Waals surface area (Å²) >= 11 is 0. The third kappa shape index (κ3) is 4.91. The van der Waals surface area contributed by atoms with Gasteiger partial charge in [0.15, 0.2) is 0 Å². The fraction of sp³-hybridized carbons (Fsp3) is 0.207. The molecule has 0 fully saturated rings. The topological polar surface area (TPSA) is 89.7 Å². The van der Waals surface area contributed by atoms with Gasteiger partial charge in [0.1, 0.15) is 11.5 Å². The number of carbonyl (C=O) groups excluding carboxylic acids is 1. The molecule has 188 valence electrons. The van der Waals surface area contributed by atoms with Crippen LogP contribution in [0.2, 0.25) is 0 Å². The van der Waals surface area contributed by atoms with E-state index in [1.807, 2.05) is 80.6 Å². The van der Waals surface area contributed by atoms with Gasteiger partial charge in [-0.3, -0.25) is 4.90 Å². The third-order valence-electron chi connectivity index (χ3n) is 6.45. The lowest BCUT2D eigenvalue weighted by molar-refractivity contribution is 0.203. The highest BCUT2D eigenvalue weighted by Gasteiger charge is 2.36. The van der Waals surface area contributed by atoms with Gasteiger partial charge >= 0.3 is 6.03 Å². The molecule has 8 nitrogen and oxygen atoms in total. The molecule has 0 bridgehead atoms. The van der Waals surface area contributed by atoms with Crippen molar-refractivity contribution in [2.45, 2.75) is 26.4 Å². The number of aryl methyl sites for hydroxylation is 1. The van der Waals surface area contributed by atoms with Gasteiger partial charge in [0.25, 0.3) is 5.89 Å². The average Bonchev–Trinajstić information content (AvgIpc) is 3.40. The van der Waals surface area contributed by atoms with E-state index in [1.165, 1.54) is 0 Å². The Kier molecular flexibility index (Phi) is 6.64. The average molecular weight is 497 g/mol. The fourth-order valence-corrected chi connectivity index (χ4v) is 4.50. The molecule has 8 heteroatoms.